The Bertz CT molecular complexity index is 915. The van der Waals surface area contributed by atoms with Crippen molar-refractivity contribution in [3.63, 3.8) is 0 Å². The number of piperidine rings is 1. The van der Waals surface area contributed by atoms with Gasteiger partial charge in [0, 0.05) is 19.0 Å². The van der Waals surface area contributed by atoms with Gasteiger partial charge in [-0.3, -0.25) is 14.2 Å². The van der Waals surface area contributed by atoms with E-state index < -0.39 is 0 Å². The van der Waals surface area contributed by atoms with E-state index in [2.05, 4.69) is 10.3 Å². The maximum Gasteiger partial charge on any atom is 0.261 e. The number of hydrogen-bond donors (Lipinski definition) is 1. The van der Waals surface area contributed by atoms with Crippen LogP contribution in [0.4, 0.5) is 0 Å². The molecule has 3 heterocycles. The molecular weight excluding hydrogens is 328 g/mol. The van der Waals surface area contributed by atoms with Crippen LogP contribution in [-0.2, 0) is 4.79 Å². The lowest BCUT2D eigenvalue weighted by Gasteiger charge is -2.25. The van der Waals surface area contributed by atoms with Crippen molar-refractivity contribution in [2.24, 2.45) is 11.3 Å². The Kier molecular flexibility index (Phi) is 3.64. The predicted molar refractivity (Wildman–Crippen MR) is 98.9 cm³/mol. The number of benzene rings is 1. The summed E-state index contributed by atoms with van der Waals surface area (Å²) < 4.78 is 1.73. The van der Waals surface area contributed by atoms with E-state index in [-0.39, 0.29) is 22.9 Å². The lowest BCUT2D eigenvalue weighted by atomic mass is 9.91. The first-order chi connectivity index (χ1) is 12.7. The number of fused-ring (bicyclic) bond motifs is 1. The molecule has 2 aliphatic heterocycles. The van der Waals surface area contributed by atoms with Crippen molar-refractivity contribution in [2.45, 2.75) is 31.7 Å². The molecule has 136 valence electrons. The van der Waals surface area contributed by atoms with Crippen LogP contribution in [-0.4, -0.2) is 46.5 Å². The highest BCUT2D eigenvalue weighted by molar-refractivity contribution is 5.83. The Morgan fingerprint density at radius 1 is 1.23 bits per heavy atom. The molecule has 1 spiro atoms. The summed E-state index contributed by atoms with van der Waals surface area (Å²) in [6.07, 6.45) is 5.76. The summed E-state index contributed by atoms with van der Waals surface area (Å²) in [5, 5.41) is 4.04. The number of aromatic nitrogens is 2. The summed E-state index contributed by atoms with van der Waals surface area (Å²) >= 11 is 0. The van der Waals surface area contributed by atoms with Crippen LogP contribution in [0.5, 0.6) is 0 Å². The van der Waals surface area contributed by atoms with Gasteiger partial charge in [-0.2, -0.15) is 0 Å². The van der Waals surface area contributed by atoms with E-state index in [1.807, 2.05) is 29.2 Å². The van der Waals surface area contributed by atoms with Crippen LogP contribution < -0.4 is 10.9 Å². The normalized spacial score (nSPS) is 27.2. The number of nitrogens with zero attached hydrogens (tertiary/aromatic N) is 3. The molecule has 1 N–H and O–H groups in total. The van der Waals surface area contributed by atoms with Crippen molar-refractivity contribution in [1.82, 2.24) is 19.8 Å². The molecule has 2 unspecified atom stereocenters. The predicted octanol–water partition coefficient (Wildman–Crippen LogP) is 1.56. The molecule has 2 aromatic rings. The van der Waals surface area contributed by atoms with E-state index in [0.29, 0.717) is 17.8 Å². The van der Waals surface area contributed by atoms with E-state index in [0.717, 1.165) is 50.8 Å². The number of para-hydroxylation sites is 1. The molecule has 3 aliphatic rings. The van der Waals surface area contributed by atoms with E-state index >= 15 is 0 Å². The topological polar surface area (TPSA) is 67.2 Å². The monoisotopic (exact) mass is 352 g/mol. The smallest absolute Gasteiger partial charge is 0.261 e. The van der Waals surface area contributed by atoms with Gasteiger partial charge in [-0.15, -0.1) is 0 Å². The van der Waals surface area contributed by atoms with Gasteiger partial charge < -0.3 is 10.2 Å². The first-order valence-electron chi connectivity index (χ1n) is 9.63. The van der Waals surface area contributed by atoms with Crippen LogP contribution in [0.2, 0.25) is 0 Å². The molecule has 26 heavy (non-hydrogen) atoms. The minimum absolute atomic E-state index is 0.00357. The van der Waals surface area contributed by atoms with Crippen LogP contribution in [0.3, 0.4) is 0 Å². The molecule has 1 aromatic heterocycles. The fourth-order valence-electron chi connectivity index (χ4n) is 4.91. The van der Waals surface area contributed by atoms with Crippen LogP contribution >= 0.6 is 0 Å². The van der Waals surface area contributed by atoms with E-state index in [9.17, 15) is 9.59 Å². The zero-order valence-corrected chi connectivity index (χ0v) is 14.9. The minimum Gasteiger partial charge on any atom is -0.340 e. The molecule has 0 bridgehead atoms. The van der Waals surface area contributed by atoms with E-state index in [4.69, 9.17) is 0 Å². The molecule has 2 atom stereocenters. The largest absolute Gasteiger partial charge is 0.340 e. The highest BCUT2D eigenvalue weighted by Gasteiger charge is 2.58. The Morgan fingerprint density at radius 2 is 2.04 bits per heavy atom. The maximum atomic E-state index is 13.0. The minimum atomic E-state index is -0.00357. The van der Waals surface area contributed by atoms with E-state index in [1.54, 1.807) is 10.9 Å². The summed E-state index contributed by atoms with van der Waals surface area (Å²) in [7, 11) is 0. The molecule has 5 rings (SSSR count). The lowest BCUT2D eigenvalue weighted by molar-refractivity contribution is -0.132. The summed E-state index contributed by atoms with van der Waals surface area (Å²) in [5.41, 5.74) is 0.989. The highest BCUT2D eigenvalue weighted by atomic mass is 16.2. The molecule has 6 heteroatoms. The second-order valence-corrected chi connectivity index (χ2v) is 8.07. The second-order valence-electron chi connectivity index (χ2n) is 8.07. The summed E-state index contributed by atoms with van der Waals surface area (Å²) in [6.45, 7) is 3.44. The highest BCUT2D eigenvalue weighted by Crippen LogP contribution is 2.59. The molecule has 1 saturated carbocycles. The zero-order valence-electron chi connectivity index (χ0n) is 14.9. The summed E-state index contributed by atoms with van der Waals surface area (Å²) in [6, 6.07) is 7.47. The van der Waals surface area contributed by atoms with Crippen LogP contribution in [0.15, 0.2) is 35.4 Å². The number of carbonyl (C=O) groups is 1. The van der Waals surface area contributed by atoms with Gasteiger partial charge >= 0.3 is 0 Å². The number of rotatable bonds is 2. The molecule has 1 aliphatic carbocycles. The Labute approximate surface area is 152 Å². The van der Waals surface area contributed by atoms with Gasteiger partial charge in [-0.05, 0) is 56.3 Å². The SMILES string of the molecule is O=C(C1CC12CCNCC2)N1CCC(n2cnc3ccccc3c2=O)C1. The standard InChI is InChI=1S/C20H24N4O2/c25-18-15-3-1-2-4-17(15)22-13-24(18)14-5-10-23(12-14)19(26)16-11-20(16)6-8-21-9-7-20/h1-4,13-14,16,21H,5-12H2. The molecule has 6 nitrogen and oxygen atoms in total. The van der Waals surface area contributed by atoms with Gasteiger partial charge in [0.25, 0.3) is 5.56 Å². The van der Waals surface area contributed by atoms with Gasteiger partial charge in [0.1, 0.15) is 0 Å². The Balaban J connectivity index is 1.33. The zero-order chi connectivity index (χ0) is 17.7. The third kappa shape index (κ3) is 2.47. The van der Waals surface area contributed by atoms with Gasteiger partial charge in [0.2, 0.25) is 5.91 Å². The second kappa shape index (κ2) is 5.91. The first kappa shape index (κ1) is 16.0. The molecule has 0 radical (unpaired) electrons. The van der Waals surface area contributed by atoms with Crippen molar-refractivity contribution < 1.29 is 4.79 Å². The molecule has 3 fully saturated rings. The van der Waals surface area contributed by atoms with Gasteiger partial charge in [0.05, 0.1) is 23.3 Å². The van der Waals surface area contributed by atoms with Crippen LogP contribution in [0.25, 0.3) is 10.9 Å². The fourth-order valence-corrected chi connectivity index (χ4v) is 4.91. The van der Waals surface area contributed by atoms with Crippen LogP contribution in [0.1, 0.15) is 31.7 Å². The van der Waals surface area contributed by atoms with Crippen LogP contribution in [0, 0.1) is 11.3 Å². The lowest BCUT2D eigenvalue weighted by Crippen LogP contribution is -2.36. The van der Waals surface area contributed by atoms with Crippen molar-refractivity contribution in [2.75, 3.05) is 26.2 Å². The van der Waals surface area contributed by atoms with Crippen molar-refractivity contribution in [3.05, 3.63) is 40.9 Å². The fraction of sp³-hybridized carbons (Fsp3) is 0.550. The summed E-state index contributed by atoms with van der Waals surface area (Å²) in [5.74, 6) is 0.506. The summed E-state index contributed by atoms with van der Waals surface area (Å²) in [4.78, 5) is 32.2. The van der Waals surface area contributed by atoms with Crippen molar-refractivity contribution >= 4 is 16.8 Å². The molecule has 2 saturated heterocycles. The van der Waals surface area contributed by atoms with Crippen molar-refractivity contribution in [3.8, 4) is 0 Å². The molecule has 1 amide bonds. The first-order valence-corrected chi connectivity index (χ1v) is 9.63. The van der Waals surface area contributed by atoms with Gasteiger partial charge in [0.15, 0.2) is 0 Å². The quantitative estimate of drug-likeness (QED) is 0.891. The van der Waals surface area contributed by atoms with Crippen molar-refractivity contribution in [1.29, 1.82) is 0 Å². The van der Waals surface area contributed by atoms with Gasteiger partial charge in [-0.25, -0.2) is 4.98 Å². The number of hydrogen-bond acceptors (Lipinski definition) is 4. The number of amides is 1. The maximum absolute atomic E-state index is 13.0. The average molecular weight is 352 g/mol. The number of carbonyl (C=O) groups excluding carboxylic acids is 1. The Hall–Kier alpha value is -2.21. The third-order valence-corrected chi connectivity index (χ3v) is 6.65. The third-order valence-electron chi connectivity index (χ3n) is 6.65. The number of likely N-dealkylation sites (tertiary alicyclic amines) is 1. The number of nitrogens with one attached hydrogen (secondary N) is 1. The van der Waals surface area contributed by atoms with Gasteiger partial charge in [-0.1, -0.05) is 12.1 Å². The Morgan fingerprint density at radius 3 is 2.88 bits per heavy atom. The molecular formula is C20H24N4O2. The molecule has 1 aromatic carbocycles. The average Bonchev–Trinajstić information content (AvgIpc) is 3.14. The van der Waals surface area contributed by atoms with E-state index in [1.165, 1.54) is 0 Å².